The van der Waals surface area contributed by atoms with E-state index >= 15 is 0 Å². The van der Waals surface area contributed by atoms with Gasteiger partial charge in [-0.3, -0.25) is 8.98 Å². The van der Waals surface area contributed by atoms with Gasteiger partial charge in [-0.1, -0.05) is 41.4 Å². The quantitative estimate of drug-likeness (QED) is 0.0967. The molecule has 4 aromatic rings. The third kappa shape index (κ3) is 8.31. The van der Waals surface area contributed by atoms with E-state index in [9.17, 15) is 13.2 Å². The molecule has 0 radical (unpaired) electrons. The molecule has 1 atom stereocenters. The van der Waals surface area contributed by atoms with Crippen LogP contribution in [0.25, 0.3) is 11.0 Å². The van der Waals surface area contributed by atoms with Crippen molar-refractivity contribution in [3.63, 3.8) is 0 Å². The lowest BCUT2D eigenvalue weighted by atomic mass is 9.76. The number of amides is 1. The van der Waals surface area contributed by atoms with Crippen molar-refractivity contribution >= 4 is 50.3 Å². The number of para-hydroxylation sites is 2. The first-order valence-electron chi connectivity index (χ1n) is 18.1. The number of hydrogen-bond donors (Lipinski definition) is 0. The highest BCUT2D eigenvalue weighted by Gasteiger charge is 2.46. The molecule has 12 nitrogen and oxygen atoms in total. The van der Waals surface area contributed by atoms with E-state index in [2.05, 4.69) is 4.90 Å². The highest BCUT2D eigenvalue weighted by molar-refractivity contribution is 7.86. The fourth-order valence-corrected chi connectivity index (χ4v) is 9.06. The second kappa shape index (κ2) is 16.6. The zero-order valence-electron chi connectivity index (χ0n) is 31.4. The van der Waals surface area contributed by atoms with Crippen LogP contribution in [0.15, 0.2) is 54.6 Å². The molecule has 1 amide bonds. The number of nitrogens with zero attached hydrogens (tertiary/aromatic N) is 4. The van der Waals surface area contributed by atoms with Crippen LogP contribution in [0.2, 0.25) is 10.0 Å². The van der Waals surface area contributed by atoms with Crippen LogP contribution in [0.1, 0.15) is 54.4 Å². The van der Waals surface area contributed by atoms with Crippen molar-refractivity contribution in [3.05, 3.63) is 81.6 Å². The number of hydrogen-bond acceptors (Lipinski definition) is 10. The Morgan fingerprint density at radius 2 is 1.59 bits per heavy atom. The Morgan fingerprint density at radius 1 is 0.889 bits per heavy atom. The summed E-state index contributed by atoms with van der Waals surface area (Å²) in [6.07, 6.45) is 3.37. The van der Waals surface area contributed by atoms with E-state index in [4.69, 9.17) is 51.3 Å². The lowest BCUT2D eigenvalue weighted by Gasteiger charge is -2.41. The van der Waals surface area contributed by atoms with Gasteiger partial charge in [0.15, 0.2) is 11.5 Å². The van der Waals surface area contributed by atoms with Gasteiger partial charge in [0, 0.05) is 50.3 Å². The van der Waals surface area contributed by atoms with E-state index in [1.54, 1.807) is 18.2 Å². The monoisotopic (exact) mass is 802 g/mol. The van der Waals surface area contributed by atoms with Crippen LogP contribution in [-0.2, 0) is 36.6 Å². The molecule has 2 saturated heterocycles. The molecule has 0 saturated carbocycles. The molecule has 0 aliphatic carbocycles. The Labute approximate surface area is 327 Å². The van der Waals surface area contributed by atoms with Gasteiger partial charge in [0.25, 0.3) is 16.0 Å². The average molecular weight is 804 g/mol. The largest absolute Gasteiger partial charge is 0.493 e. The molecule has 54 heavy (non-hydrogen) atoms. The summed E-state index contributed by atoms with van der Waals surface area (Å²) >= 11 is 12.9. The molecule has 6 rings (SSSR count). The van der Waals surface area contributed by atoms with Crippen LogP contribution in [-0.4, -0.2) is 107 Å². The zero-order chi connectivity index (χ0) is 38.7. The van der Waals surface area contributed by atoms with Crippen molar-refractivity contribution in [1.82, 2.24) is 19.4 Å². The van der Waals surface area contributed by atoms with Crippen LogP contribution >= 0.6 is 23.2 Å². The minimum Gasteiger partial charge on any atom is -0.493 e. The van der Waals surface area contributed by atoms with Crippen LogP contribution in [0.5, 0.6) is 17.2 Å². The third-order valence-electron chi connectivity index (χ3n) is 10.7. The first-order valence-corrected chi connectivity index (χ1v) is 20.6. The fraction of sp³-hybridized carbons (Fsp3) is 0.487. The van der Waals surface area contributed by atoms with Gasteiger partial charge in [-0.2, -0.15) is 8.42 Å². The number of ether oxygens (including phenoxy) is 4. The van der Waals surface area contributed by atoms with Gasteiger partial charge in [0.1, 0.15) is 11.4 Å². The van der Waals surface area contributed by atoms with Gasteiger partial charge in [0.2, 0.25) is 5.75 Å². The van der Waals surface area contributed by atoms with E-state index in [-0.39, 0.29) is 5.91 Å². The number of likely N-dealkylation sites (tertiary alicyclic amines) is 2. The smallest absolute Gasteiger partial charge is 0.265 e. The summed E-state index contributed by atoms with van der Waals surface area (Å²) in [5.74, 6) is 1.67. The number of imidazole rings is 1. The second-order valence-electron chi connectivity index (χ2n) is 13.9. The standard InChI is InChI=1S/C39H48Cl2N4O8S/c1-6-52-22-21-45-32-10-8-7-9-31(32)42-37(45)39(53-54(5,47)48)15-18-43(19-16-39)17-13-38(28-11-12-29(40)30(41)25-28)14-20-44(26-38)36(46)27-23-33(49-2)35(51-4)34(24-27)50-3/h7-12,23-25H,6,13-22,26H2,1-5H3. The molecule has 0 spiro atoms. The van der Waals surface area contributed by atoms with Gasteiger partial charge in [-0.15, -0.1) is 0 Å². The van der Waals surface area contributed by atoms with E-state index in [0.717, 1.165) is 29.3 Å². The molecule has 0 bridgehead atoms. The first-order chi connectivity index (χ1) is 25.9. The lowest BCUT2D eigenvalue weighted by molar-refractivity contribution is -0.00830. The number of carbonyl (C=O) groups excluding carboxylic acids is 1. The summed E-state index contributed by atoms with van der Waals surface area (Å²) in [5, 5.41) is 0.917. The lowest BCUT2D eigenvalue weighted by Crippen LogP contribution is -2.48. The van der Waals surface area contributed by atoms with Crippen LogP contribution in [0.3, 0.4) is 0 Å². The van der Waals surface area contributed by atoms with E-state index in [1.165, 1.54) is 21.3 Å². The summed E-state index contributed by atoms with van der Waals surface area (Å²) in [7, 11) is 0.723. The summed E-state index contributed by atoms with van der Waals surface area (Å²) < 4.78 is 55.9. The Kier molecular flexibility index (Phi) is 12.4. The number of methoxy groups -OCH3 is 3. The number of rotatable bonds is 15. The maximum absolute atomic E-state index is 14.1. The summed E-state index contributed by atoms with van der Waals surface area (Å²) in [6.45, 7) is 6.33. The molecule has 0 N–H and O–H groups in total. The van der Waals surface area contributed by atoms with Crippen molar-refractivity contribution in [2.45, 2.75) is 50.2 Å². The second-order valence-corrected chi connectivity index (χ2v) is 16.3. The van der Waals surface area contributed by atoms with Gasteiger partial charge >= 0.3 is 0 Å². The SMILES string of the molecule is CCOCCn1c(C2(OS(C)(=O)=O)CCN(CCC3(c4ccc(Cl)c(Cl)c4)CCN(C(=O)c4cc(OC)c(OC)c(OC)c4)C3)CC2)nc2ccccc21. The Bertz CT molecular complexity index is 2060. The van der Waals surface area contributed by atoms with Crippen molar-refractivity contribution in [2.24, 2.45) is 0 Å². The van der Waals surface area contributed by atoms with Crippen molar-refractivity contribution in [1.29, 1.82) is 0 Å². The number of piperidine rings is 1. The molecule has 3 aromatic carbocycles. The molecule has 1 unspecified atom stereocenters. The van der Waals surface area contributed by atoms with Gasteiger partial charge in [-0.25, -0.2) is 4.98 Å². The third-order valence-corrected chi connectivity index (χ3v) is 12.1. The van der Waals surface area contributed by atoms with Crippen LogP contribution in [0, 0.1) is 0 Å². The topological polar surface area (TPSA) is 122 Å². The van der Waals surface area contributed by atoms with Crippen LogP contribution in [0.4, 0.5) is 0 Å². The maximum Gasteiger partial charge on any atom is 0.265 e. The van der Waals surface area contributed by atoms with Gasteiger partial charge in [0.05, 0.1) is 55.3 Å². The number of fused-ring (bicyclic) bond motifs is 1. The van der Waals surface area contributed by atoms with Crippen molar-refractivity contribution < 1.29 is 36.3 Å². The normalized spacial score (nSPS) is 19.0. The predicted molar refractivity (Wildman–Crippen MR) is 209 cm³/mol. The highest BCUT2D eigenvalue weighted by atomic mass is 35.5. The van der Waals surface area contributed by atoms with E-state index in [0.29, 0.717) is 110 Å². The number of carbonyl (C=O) groups is 1. The summed E-state index contributed by atoms with van der Waals surface area (Å²) in [5.41, 5.74) is 1.55. The number of halogens is 2. The molecular weight excluding hydrogens is 755 g/mol. The molecule has 1 aromatic heterocycles. The molecule has 2 aliphatic rings. The molecule has 2 aliphatic heterocycles. The molecule has 292 valence electrons. The summed E-state index contributed by atoms with van der Waals surface area (Å²) in [6, 6.07) is 16.8. The average Bonchev–Trinajstić information content (AvgIpc) is 3.77. The summed E-state index contributed by atoms with van der Waals surface area (Å²) in [4.78, 5) is 23.2. The Balaban J connectivity index is 1.25. The maximum atomic E-state index is 14.1. The first kappa shape index (κ1) is 40.1. The molecule has 2 fully saturated rings. The molecule has 3 heterocycles. The van der Waals surface area contributed by atoms with Crippen molar-refractivity contribution in [2.75, 3.05) is 73.5 Å². The zero-order valence-corrected chi connectivity index (χ0v) is 33.7. The van der Waals surface area contributed by atoms with Crippen molar-refractivity contribution in [3.8, 4) is 17.2 Å². The van der Waals surface area contributed by atoms with Gasteiger partial charge in [-0.05, 0) is 81.1 Å². The van der Waals surface area contributed by atoms with Gasteiger partial charge < -0.3 is 33.3 Å². The number of benzene rings is 3. The molecule has 15 heteroatoms. The van der Waals surface area contributed by atoms with E-state index < -0.39 is 21.1 Å². The fourth-order valence-electron chi connectivity index (χ4n) is 7.94. The highest BCUT2D eigenvalue weighted by Crippen LogP contribution is 2.44. The minimum absolute atomic E-state index is 0.149. The van der Waals surface area contributed by atoms with E-state index in [1.807, 2.05) is 52.8 Å². The number of aromatic nitrogens is 2. The Morgan fingerprint density at radius 3 is 2.22 bits per heavy atom. The van der Waals surface area contributed by atoms with Crippen LogP contribution < -0.4 is 14.2 Å². The minimum atomic E-state index is -3.84. The Hall–Kier alpha value is -3.59. The molecular formula is C39H48Cl2N4O8S. The predicted octanol–water partition coefficient (Wildman–Crippen LogP) is 6.55.